The Bertz CT molecular complexity index is 766. The van der Waals surface area contributed by atoms with E-state index in [4.69, 9.17) is 15.7 Å². The minimum absolute atomic E-state index is 0.295. The molecule has 0 unspecified atom stereocenters. The van der Waals surface area contributed by atoms with Gasteiger partial charge < -0.3 is 10.6 Å². The van der Waals surface area contributed by atoms with Crippen molar-refractivity contribution in [2.75, 3.05) is 11.9 Å². The summed E-state index contributed by atoms with van der Waals surface area (Å²) >= 11 is 1.82. The van der Waals surface area contributed by atoms with E-state index in [1.165, 1.54) is 47.9 Å². The second-order valence-electron chi connectivity index (χ2n) is 6.66. The molecule has 2 aromatic heterocycles. The van der Waals surface area contributed by atoms with Crippen molar-refractivity contribution >= 4 is 33.3 Å². The number of carbonyl (C=O) groups is 1. The van der Waals surface area contributed by atoms with Gasteiger partial charge in [0.2, 0.25) is 5.91 Å². The van der Waals surface area contributed by atoms with Crippen LogP contribution in [0, 0.1) is 0 Å². The fourth-order valence-electron chi connectivity index (χ4n) is 3.42. The normalized spacial score (nSPS) is 17.3. The number of aromatic nitrogens is 2. The first-order valence-electron chi connectivity index (χ1n) is 8.46. The first kappa shape index (κ1) is 14.9. The topological polar surface area (TPSA) is 72.1 Å². The molecule has 0 radical (unpaired) electrons. The van der Waals surface area contributed by atoms with Crippen molar-refractivity contribution in [3.05, 3.63) is 16.3 Å². The Kier molecular flexibility index (Phi) is 3.71. The third kappa shape index (κ3) is 2.80. The van der Waals surface area contributed by atoms with Gasteiger partial charge in [-0.1, -0.05) is 0 Å². The van der Waals surface area contributed by atoms with Gasteiger partial charge in [-0.15, -0.1) is 11.3 Å². The number of aryl methyl sites for hydroxylation is 3. The Hall–Kier alpha value is -1.69. The fourth-order valence-corrected chi connectivity index (χ4v) is 4.69. The molecule has 2 aromatic rings. The molecular formula is C17H22N4OS. The molecule has 1 amide bonds. The smallest absolute Gasteiger partial charge is 0.217 e. The van der Waals surface area contributed by atoms with Crippen LogP contribution in [-0.4, -0.2) is 29.0 Å². The molecule has 0 saturated heterocycles. The number of hydrogen-bond acceptors (Lipinski definition) is 5. The van der Waals surface area contributed by atoms with Gasteiger partial charge in [0, 0.05) is 30.8 Å². The highest BCUT2D eigenvalue weighted by atomic mass is 32.1. The maximum absolute atomic E-state index is 11.1. The predicted octanol–water partition coefficient (Wildman–Crippen LogP) is 2.59. The third-order valence-electron chi connectivity index (χ3n) is 4.87. The molecule has 122 valence electrons. The lowest BCUT2D eigenvalue weighted by atomic mass is 9.97. The van der Waals surface area contributed by atoms with Crippen molar-refractivity contribution in [2.45, 2.75) is 57.4 Å². The summed E-state index contributed by atoms with van der Waals surface area (Å²) < 4.78 is 0. The maximum atomic E-state index is 11.1. The van der Waals surface area contributed by atoms with E-state index >= 15 is 0 Å². The summed E-state index contributed by atoms with van der Waals surface area (Å²) in [5.41, 5.74) is 6.76. The Morgan fingerprint density at radius 1 is 1.30 bits per heavy atom. The molecule has 1 fully saturated rings. The van der Waals surface area contributed by atoms with E-state index < -0.39 is 0 Å². The van der Waals surface area contributed by atoms with E-state index in [9.17, 15) is 4.79 Å². The number of thiophene rings is 1. The largest absolute Gasteiger partial charge is 0.370 e. The molecule has 6 heteroatoms. The molecule has 0 aliphatic heterocycles. The quantitative estimate of drug-likeness (QED) is 0.914. The highest BCUT2D eigenvalue weighted by Gasteiger charge is 2.30. The van der Waals surface area contributed by atoms with Crippen molar-refractivity contribution in [1.29, 1.82) is 0 Å². The number of primary amides is 1. The van der Waals surface area contributed by atoms with Gasteiger partial charge in [0.25, 0.3) is 0 Å². The van der Waals surface area contributed by atoms with Crippen molar-refractivity contribution in [3.63, 3.8) is 0 Å². The van der Waals surface area contributed by atoms with Crippen molar-refractivity contribution in [3.8, 4) is 0 Å². The molecule has 1 saturated carbocycles. The lowest BCUT2D eigenvalue weighted by Gasteiger charge is -2.20. The monoisotopic (exact) mass is 330 g/mol. The zero-order valence-electron chi connectivity index (χ0n) is 13.5. The number of amides is 1. The second-order valence-corrected chi connectivity index (χ2v) is 7.75. The molecule has 0 atom stereocenters. The van der Waals surface area contributed by atoms with Crippen LogP contribution in [0.5, 0.6) is 0 Å². The summed E-state index contributed by atoms with van der Waals surface area (Å²) in [4.78, 5) is 25.6. The number of anilines is 1. The number of nitrogens with two attached hydrogens (primary N) is 1. The zero-order chi connectivity index (χ0) is 16.0. The van der Waals surface area contributed by atoms with Gasteiger partial charge in [-0.25, -0.2) is 9.97 Å². The van der Waals surface area contributed by atoms with Crippen molar-refractivity contribution in [2.24, 2.45) is 5.73 Å². The Morgan fingerprint density at radius 2 is 2.09 bits per heavy atom. The van der Waals surface area contributed by atoms with Gasteiger partial charge in [0.1, 0.15) is 16.5 Å². The van der Waals surface area contributed by atoms with Gasteiger partial charge in [0.15, 0.2) is 0 Å². The van der Waals surface area contributed by atoms with Crippen LogP contribution in [0.25, 0.3) is 10.2 Å². The van der Waals surface area contributed by atoms with Crippen LogP contribution in [0.15, 0.2) is 0 Å². The molecule has 2 aliphatic carbocycles. The van der Waals surface area contributed by atoms with E-state index in [0.717, 1.165) is 22.9 Å². The van der Waals surface area contributed by atoms with E-state index in [2.05, 4.69) is 11.9 Å². The van der Waals surface area contributed by atoms with Crippen molar-refractivity contribution < 1.29 is 4.79 Å². The van der Waals surface area contributed by atoms with Gasteiger partial charge in [-0.3, -0.25) is 4.79 Å². The molecule has 0 spiro atoms. The van der Waals surface area contributed by atoms with Crippen LogP contribution < -0.4 is 10.6 Å². The molecule has 2 heterocycles. The molecule has 23 heavy (non-hydrogen) atoms. The zero-order valence-corrected chi connectivity index (χ0v) is 14.3. The lowest BCUT2D eigenvalue weighted by molar-refractivity contribution is -0.118. The minimum atomic E-state index is -0.295. The lowest BCUT2D eigenvalue weighted by Crippen LogP contribution is -2.22. The van der Waals surface area contributed by atoms with Crippen LogP contribution in [0.3, 0.4) is 0 Å². The maximum Gasteiger partial charge on any atom is 0.217 e. The first-order chi connectivity index (χ1) is 11.1. The molecular weight excluding hydrogens is 308 g/mol. The Labute approximate surface area is 139 Å². The summed E-state index contributed by atoms with van der Waals surface area (Å²) in [6.07, 6.45) is 8.16. The van der Waals surface area contributed by atoms with Crippen LogP contribution in [0.2, 0.25) is 0 Å². The number of hydrogen-bond donors (Lipinski definition) is 1. The van der Waals surface area contributed by atoms with E-state index in [1.54, 1.807) is 0 Å². The van der Waals surface area contributed by atoms with E-state index in [0.29, 0.717) is 18.9 Å². The van der Waals surface area contributed by atoms with Crippen molar-refractivity contribution in [1.82, 2.24) is 9.97 Å². The van der Waals surface area contributed by atoms with Gasteiger partial charge >= 0.3 is 0 Å². The average Bonchev–Trinajstić information content (AvgIpc) is 3.32. The number of carbonyl (C=O) groups excluding carboxylic acids is 1. The summed E-state index contributed by atoms with van der Waals surface area (Å²) in [7, 11) is 2.14. The van der Waals surface area contributed by atoms with Crippen LogP contribution in [0.1, 0.15) is 48.4 Å². The predicted molar refractivity (Wildman–Crippen MR) is 93.0 cm³/mol. The molecule has 2 aliphatic rings. The number of fused-ring (bicyclic) bond motifs is 3. The number of rotatable bonds is 5. The standard InChI is InChI=1S/C17H22N4OS/c1-21(10-6-7-10)16-15-11-4-2-3-5-12(11)23-17(15)20-14(19-16)9-8-13(18)22/h10H,2-9H2,1H3,(H2,18,22). The summed E-state index contributed by atoms with van der Waals surface area (Å²) in [5, 5.41) is 1.27. The SMILES string of the molecule is CN(c1nc(CCC(N)=O)nc2sc3c(c12)CCCC3)C1CC1. The second kappa shape index (κ2) is 5.74. The van der Waals surface area contributed by atoms with Gasteiger partial charge in [-0.2, -0.15) is 0 Å². The summed E-state index contributed by atoms with van der Waals surface area (Å²) in [6.45, 7) is 0. The highest BCUT2D eigenvalue weighted by Crippen LogP contribution is 2.41. The molecule has 4 rings (SSSR count). The third-order valence-corrected chi connectivity index (χ3v) is 6.05. The van der Waals surface area contributed by atoms with Gasteiger partial charge in [0.05, 0.1) is 5.39 Å². The Morgan fingerprint density at radius 3 is 2.83 bits per heavy atom. The van der Waals surface area contributed by atoms with Crippen LogP contribution in [0.4, 0.5) is 5.82 Å². The molecule has 2 N–H and O–H groups in total. The summed E-state index contributed by atoms with van der Waals surface area (Å²) in [5.74, 6) is 1.52. The van der Waals surface area contributed by atoms with Crippen LogP contribution >= 0.6 is 11.3 Å². The fraction of sp³-hybridized carbons (Fsp3) is 0.588. The van der Waals surface area contributed by atoms with Crippen LogP contribution in [-0.2, 0) is 24.1 Å². The van der Waals surface area contributed by atoms with E-state index in [1.807, 2.05) is 11.3 Å². The molecule has 0 bridgehead atoms. The van der Waals surface area contributed by atoms with E-state index in [-0.39, 0.29) is 5.91 Å². The first-order valence-corrected chi connectivity index (χ1v) is 9.27. The molecule has 5 nitrogen and oxygen atoms in total. The molecule has 0 aromatic carbocycles. The summed E-state index contributed by atoms with van der Waals surface area (Å²) in [6, 6.07) is 0.608. The Balaban J connectivity index is 1.82. The minimum Gasteiger partial charge on any atom is -0.370 e. The number of nitrogens with zero attached hydrogens (tertiary/aromatic N) is 3. The van der Waals surface area contributed by atoms with Gasteiger partial charge in [-0.05, 0) is 44.1 Å². The average molecular weight is 330 g/mol. The highest BCUT2D eigenvalue weighted by molar-refractivity contribution is 7.19.